The van der Waals surface area contributed by atoms with Crippen molar-refractivity contribution in [2.24, 2.45) is 5.92 Å². The molecule has 1 saturated heterocycles. The molecule has 1 aliphatic heterocycles. The number of sulfonamides is 1. The summed E-state index contributed by atoms with van der Waals surface area (Å²) in [4.78, 5) is 10.7. The molecule has 0 aromatic heterocycles. The molecule has 1 rings (SSSR count). The predicted octanol–water partition coefficient (Wildman–Crippen LogP) is 0.264. The molecule has 1 fully saturated rings. The van der Waals surface area contributed by atoms with Crippen LogP contribution in [0.3, 0.4) is 0 Å². The van der Waals surface area contributed by atoms with Crippen LogP contribution in [0.15, 0.2) is 0 Å². The lowest BCUT2D eigenvalue weighted by molar-refractivity contribution is -0.112. The lowest BCUT2D eigenvalue weighted by Crippen LogP contribution is -2.41. The molecule has 1 aliphatic rings. The lowest BCUT2D eigenvalue weighted by atomic mass is 10.0. The molecule has 0 saturated carbocycles. The highest BCUT2D eigenvalue weighted by Crippen LogP contribution is 2.18. The smallest absolute Gasteiger partial charge is 0.214 e. The summed E-state index contributed by atoms with van der Waals surface area (Å²) in [6, 6.07) is 0. The molecule has 1 heterocycles. The minimum absolute atomic E-state index is 0.104. The average Bonchev–Trinajstić information content (AvgIpc) is 2.29. The largest absolute Gasteiger partial charge is 0.385 e. The van der Waals surface area contributed by atoms with E-state index in [9.17, 15) is 13.2 Å². The van der Waals surface area contributed by atoms with Crippen molar-refractivity contribution in [3.05, 3.63) is 0 Å². The number of carbonyl (C=O) groups is 1. The van der Waals surface area contributed by atoms with Crippen LogP contribution in [0.2, 0.25) is 0 Å². The summed E-state index contributed by atoms with van der Waals surface area (Å²) >= 11 is 0. The van der Waals surface area contributed by atoms with Crippen LogP contribution in [0.1, 0.15) is 19.3 Å². The van der Waals surface area contributed by atoms with Gasteiger partial charge in [0.1, 0.15) is 6.29 Å². The molecule has 0 aromatic carbocycles. The van der Waals surface area contributed by atoms with E-state index in [2.05, 4.69) is 0 Å². The third-order valence-corrected chi connectivity index (χ3v) is 4.68. The van der Waals surface area contributed by atoms with Crippen LogP contribution in [-0.2, 0) is 19.6 Å². The number of nitrogens with zero attached hydrogens (tertiary/aromatic N) is 1. The molecule has 6 heteroatoms. The first-order valence-corrected chi connectivity index (χ1v) is 7.13. The summed E-state index contributed by atoms with van der Waals surface area (Å²) in [5.41, 5.74) is 0. The van der Waals surface area contributed by atoms with Crippen LogP contribution in [0.5, 0.6) is 0 Å². The van der Waals surface area contributed by atoms with Gasteiger partial charge in [-0.15, -0.1) is 0 Å². The standard InChI is InChI=1S/C10H19NO4S/c1-15-6-3-7-16(13,14)11-5-2-4-10(8-11)9-12/h9-10H,2-8H2,1H3. The van der Waals surface area contributed by atoms with E-state index in [1.165, 1.54) is 4.31 Å². The first-order valence-electron chi connectivity index (χ1n) is 5.52. The quantitative estimate of drug-likeness (QED) is 0.500. The van der Waals surface area contributed by atoms with E-state index in [1.54, 1.807) is 7.11 Å². The van der Waals surface area contributed by atoms with E-state index in [-0.39, 0.29) is 11.7 Å². The van der Waals surface area contributed by atoms with Gasteiger partial charge in [0, 0.05) is 32.7 Å². The first kappa shape index (κ1) is 13.6. The third-order valence-electron chi connectivity index (χ3n) is 2.76. The second-order valence-electron chi connectivity index (χ2n) is 4.06. The minimum atomic E-state index is -3.20. The number of methoxy groups -OCH3 is 1. The SMILES string of the molecule is COCCCS(=O)(=O)N1CCCC(C=O)C1. The van der Waals surface area contributed by atoms with E-state index in [0.29, 0.717) is 26.1 Å². The van der Waals surface area contributed by atoms with E-state index >= 15 is 0 Å². The van der Waals surface area contributed by atoms with Crippen molar-refractivity contribution in [3.63, 3.8) is 0 Å². The number of rotatable bonds is 6. The maximum absolute atomic E-state index is 11.9. The lowest BCUT2D eigenvalue weighted by Gasteiger charge is -2.29. The number of hydrogen-bond donors (Lipinski definition) is 0. The number of hydrogen-bond acceptors (Lipinski definition) is 4. The molecule has 0 N–H and O–H groups in total. The summed E-state index contributed by atoms with van der Waals surface area (Å²) in [5.74, 6) is -0.0298. The van der Waals surface area contributed by atoms with Crippen molar-refractivity contribution in [1.82, 2.24) is 4.31 Å². The van der Waals surface area contributed by atoms with Crippen LogP contribution in [0.4, 0.5) is 0 Å². The van der Waals surface area contributed by atoms with E-state index < -0.39 is 10.0 Å². The van der Waals surface area contributed by atoms with Crippen LogP contribution in [-0.4, -0.2) is 51.6 Å². The van der Waals surface area contributed by atoms with Crippen molar-refractivity contribution < 1.29 is 17.9 Å². The van der Waals surface area contributed by atoms with Gasteiger partial charge in [0.05, 0.1) is 5.75 Å². The van der Waals surface area contributed by atoms with Gasteiger partial charge in [0.2, 0.25) is 10.0 Å². The van der Waals surface area contributed by atoms with Gasteiger partial charge < -0.3 is 9.53 Å². The molecule has 1 atom stereocenters. The summed E-state index contributed by atoms with van der Waals surface area (Å²) in [6.07, 6.45) is 2.93. The Balaban J connectivity index is 2.50. The fraction of sp³-hybridized carbons (Fsp3) is 0.900. The first-order chi connectivity index (χ1) is 7.60. The summed E-state index contributed by atoms with van der Waals surface area (Å²) in [7, 11) is -1.65. The van der Waals surface area contributed by atoms with Crippen molar-refractivity contribution in [1.29, 1.82) is 0 Å². The zero-order valence-corrected chi connectivity index (χ0v) is 10.4. The third kappa shape index (κ3) is 3.84. The zero-order chi connectivity index (χ0) is 12.0. The van der Waals surface area contributed by atoms with Crippen LogP contribution in [0, 0.1) is 5.92 Å². The molecule has 0 bridgehead atoms. The topological polar surface area (TPSA) is 63.7 Å². The van der Waals surface area contributed by atoms with Crippen molar-refractivity contribution in [3.8, 4) is 0 Å². The summed E-state index contributed by atoms with van der Waals surface area (Å²) in [5, 5.41) is 0. The maximum Gasteiger partial charge on any atom is 0.214 e. The van der Waals surface area contributed by atoms with Gasteiger partial charge in [-0.3, -0.25) is 0 Å². The highest BCUT2D eigenvalue weighted by atomic mass is 32.2. The Morgan fingerprint density at radius 2 is 2.25 bits per heavy atom. The normalized spacial score (nSPS) is 23.2. The monoisotopic (exact) mass is 249 g/mol. The highest BCUT2D eigenvalue weighted by Gasteiger charge is 2.28. The molecular formula is C10H19NO4S. The predicted molar refractivity (Wildman–Crippen MR) is 60.6 cm³/mol. The second kappa shape index (κ2) is 6.32. The second-order valence-corrected chi connectivity index (χ2v) is 6.15. The van der Waals surface area contributed by atoms with Gasteiger partial charge in [-0.25, -0.2) is 12.7 Å². The Bertz CT molecular complexity index is 315. The molecule has 0 aromatic rings. The maximum atomic E-state index is 11.9. The van der Waals surface area contributed by atoms with Crippen LogP contribution in [0.25, 0.3) is 0 Å². The highest BCUT2D eigenvalue weighted by molar-refractivity contribution is 7.89. The number of piperidine rings is 1. The number of ether oxygens (including phenoxy) is 1. The van der Waals surface area contributed by atoms with Gasteiger partial charge >= 0.3 is 0 Å². The molecule has 16 heavy (non-hydrogen) atoms. The van der Waals surface area contributed by atoms with E-state index in [4.69, 9.17) is 4.74 Å². The van der Waals surface area contributed by atoms with Gasteiger partial charge in [0.25, 0.3) is 0 Å². The summed E-state index contributed by atoms with van der Waals surface area (Å²) in [6.45, 7) is 1.34. The van der Waals surface area contributed by atoms with Crippen molar-refractivity contribution >= 4 is 16.3 Å². The van der Waals surface area contributed by atoms with Crippen molar-refractivity contribution in [2.75, 3.05) is 32.6 Å². The fourth-order valence-electron chi connectivity index (χ4n) is 1.85. The zero-order valence-electron chi connectivity index (χ0n) is 9.59. The van der Waals surface area contributed by atoms with Gasteiger partial charge in [-0.05, 0) is 19.3 Å². The summed E-state index contributed by atoms with van der Waals surface area (Å²) < 4.78 is 30.0. The molecule has 1 unspecified atom stereocenters. The molecule has 0 aliphatic carbocycles. The Morgan fingerprint density at radius 3 is 2.88 bits per heavy atom. The van der Waals surface area contributed by atoms with E-state index in [0.717, 1.165) is 19.1 Å². The molecule has 0 radical (unpaired) electrons. The molecule has 5 nitrogen and oxygen atoms in total. The molecule has 94 valence electrons. The molecular weight excluding hydrogens is 230 g/mol. The number of aldehydes is 1. The Kier molecular flexibility index (Phi) is 5.37. The van der Waals surface area contributed by atoms with Crippen LogP contribution >= 0.6 is 0 Å². The molecule has 0 amide bonds. The Labute approximate surface area is 96.8 Å². The fourth-order valence-corrected chi connectivity index (χ4v) is 3.42. The average molecular weight is 249 g/mol. The van der Waals surface area contributed by atoms with Crippen LogP contribution < -0.4 is 0 Å². The molecule has 0 spiro atoms. The Hall–Kier alpha value is -0.460. The van der Waals surface area contributed by atoms with Gasteiger partial charge in [0.15, 0.2) is 0 Å². The minimum Gasteiger partial charge on any atom is -0.385 e. The van der Waals surface area contributed by atoms with Gasteiger partial charge in [-0.2, -0.15) is 0 Å². The van der Waals surface area contributed by atoms with Gasteiger partial charge in [-0.1, -0.05) is 0 Å². The number of carbonyl (C=O) groups excluding carboxylic acids is 1. The van der Waals surface area contributed by atoms with Crippen molar-refractivity contribution in [2.45, 2.75) is 19.3 Å². The Morgan fingerprint density at radius 1 is 1.50 bits per heavy atom. The van der Waals surface area contributed by atoms with E-state index in [1.807, 2.05) is 0 Å².